The van der Waals surface area contributed by atoms with Crippen LogP contribution in [0, 0.1) is 0 Å². The van der Waals surface area contributed by atoms with Crippen LogP contribution in [0.25, 0.3) is 11.0 Å². The van der Waals surface area contributed by atoms with Crippen molar-refractivity contribution in [3.63, 3.8) is 0 Å². The standard InChI is InChI=1S/C15H15ClN2S/c1-10(16)15-17-12-6-3-4-7-13(12)18(15)11(2)14-8-5-9-19-14/h3-11H,1-2H3. The number of para-hydroxylation sites is 2. The summed E-state index contributed by atoms with van der Waals surface area (Å²) in [6.45, 7) is 4.17. The van der Waals surface area contributed by atoms with Crippen molar-refractivity contribution in [3.8, 4) is 0 Å². The Balaban J connectivity index is 2.23. The Morgan fingerprint density at radius 3 is 2.63 bits per heavy atom. The zero-order valence-electron chi connectivity index (χ0n) is 10.9. The van der Waals surface area contributed by atoms with Crippen molar-refractivity contribution in [1.29, 1.82) is 0 Å². The van der Waals surface area contributed by atoms with Gasteiger partial charge in [-0.3, -0.25) is 0 Å². The molecule has 2 aromatic heterocycles. The quantitative estimate of drug-likeness (QED) is 0.620. The summed E-state index contributed by atoms with van der Waals surface area (Å²) in [7, 11) is 0. The summed E-state index contributed by atoms with van der Waals surface area (Å²) in [4.78, 5) is 6.00. The molecule has 98 valence electrons. The van der Waals surface area contributed by atoms with Gasteiger partial charge in [-0.2, -0.15) is 0 Å². The molecular formula is C15H15ClN2S. The van der Waals surface area contributed by atoms with E-state index in [4.69, 9.17) is 11.6 Å². The summed E-state index contributed by atoms with van der Waals surface area (Å²) >= 11 is 8.07. The van der Waals surface area contributed by atoms with Gasteiger partial charge in [-0.25, -0.2) is 4.98 Å². The number of fused-ring (bicyclic) bond motifs is 1. The molecule has 0 saturated heterocycles. The molecule has 0 aliphatic carbocycles. The number of hydrogen-bond donors (Lipinski definition) is 0. The van der Waals surface area contributed by atoms with Gasteiger partial charge in [-0.05, 0) is 37.4 Å². The molecule has 19 heavy (non-hydrogen) atoms. The molecule has 0 saturated carbocycles. The topological polar surface area (TPSA) is 17.8 Å². The van der Waals surface area contributed by atoms with Crippen LogP contribution < -0.4 is 0 Å². The van der Waals surface area contributed by atoms with Crippen molar-refractivity contribution in [2.75, 3.05) is 0 Å². The fourth-order valence-electron chi connectivity index (χ4n) is 2.41. The monoisotopic (exact) mass is 290 g/mol. The maximum atomic E-state index is 6.31. The molecule has 2 unspecified atom stereocenters. The number of hydrogen-bond acceptors (Lipinski definition) is 2. The predicted molar refractivity (Wildman–Crippen MR) is 82.1 cm³/mol. The first kappa shape index (κ1) is 12.7. The van der Waals surface area contributed by atoms with Crippen molar-refractivity contribution in [2.45, 2.75) is 25.3 Å². The average Bonchev–Trinajstić information content (AvgIpc) is 3.05. The minimum absolute atomic E-state index is 0.102. The summed E-state index contributed by atoms with van der Waals surface area (Å²) in [6, 6.07) is 12.7. The Kier molecular flexibility index (Phi) is 3.33. The smallest absolute Gasteiger partial charge is 0.128 e. The number of aromatic nitrogens is 2. The number of nitrogens with zero attached hydrogens (tertiary/aromatic N) is 2. The molecule has 0 fully saturated rings. The van der Waals surface area contributed by atoms with Gasteiger partial charge in [-0.1, -0.05) is 18.2 Å². The van der Waals surface area contributed by atoms with Gasteiger partial charge in [0.1, 0.15) is 5.82 Å². The molecule has 4 heteroatoms. The first-order chi connectivity index (χ1) is 9.18. The number of benzene rings is 1. The molecule has 1 aromatic carbocycles. The highest BCUT2D eigenvalue weighted by atomic mass is 35.5. The van der Waals surface area contributed by atoms with E-state index in [9.17, 15) is 0 Å². The molecule has 0 aliphatic heterocycles. The van der Waals surface area contributed by atoms with Crippen molar-refractivity contribution in [3.05, 3.63) is 52.5 Å². The molecule has 2 heterocycles. The third-order valence-corrected chi connectivity index (χ3v) is 4.56. The highest BCUT2D eigenvalue weighted by Gasteiger charge is 2.20. The second-order valence-electron chi connectivity index (χ2n) is 4.64. The largest absolute Gasteiger partial charge is 0.319 e. The highest BCUT2D eigenvalue weighted by molar-refractivity contribution is 7.10. The lowest BCUT2D eigenvalue weighted by atomic mass is 10.2. The summed E-state index contributed by atoms with van der Waals surface area (Å²) in [5.41, 5.74) is 2.15. The van der Waals surface area contributed by atoms with E-state index in [1.54, 1.807) is 11.3 Å². The van der Waals surface area contributed by atoms with E-state index in [0.717, 1.165) is 16.9 Å². The number of imidazole rings is 1. The number of alkyl halides is 1. The lowest BCUT2D eigenvalue weighted by molar-refractivity contribution is 0.628. The first-order valence-corrected chi connectivity index (χ1v) is 7.64. The van der Waals surface area contributed by atoms with Gasteiger partial charge < -0.3 is 4.57 Å². The molecule has 2 atom stereocenters. The molecule has 0 amide bonds. The molecule has 3 aromatic rings. The van der Waals surface area contributed by atoms with Crippen LogP contribution in [0.1, 0.15) is 36.0 Å². The molecule has 0 N–H and O–H groups in total. The van der Waals surface area contributed by atoms with Crippen molar-refractivity contribution in [1.82, 2.24) is 9.55 Å². The van der Waals surface area contributed by atoms with E-state index in [-0.39, 0.29) is 11.4 Å². The van der Waals surface area contributed by atoms with E-state index in [1.807, 2.05) is 25.1 Å². The maximum Gasteiger partial charge on any atom is 0.128 e. The minimum atomic E-state index is -0.102. The first-order valence-electron chi connectivity index (χ1n) is 6.33. The van der Waals surface area contributed by atoms with E-state index in [2.05, 4.69) is 40.1 Å². The van der Waals surface area contributed by atoms with Gasteiger partial charge in [0.25, 0.3) is 0 Å². The molecular weight excluding hydrogens is 276 g/mol. The molecule has 0 aliphatic rings. The van der Waals surface area contributed by atoms with Crippen molar-refractivity contribution >= 4 is 34.0 Å². The molecule has 0 bridgehead atoms. The van der Waals surface area contributed by atoms with Crippen molar-refractivity contribution in [2.24, 2.45) is 0 Å². The van der Waals surface area contributed by atoms with Crippen LogP contribution >= 0.6 is 22.9 Å². The zero-order chi connectivity index (χ0) is 13.4. The van der Waals surface area contributed by atoms with Crippen LogP contribution in [0.3, 0.4) is 0 Å². The summed E-state index contributed by atoms with van der Waals surface area (Å²) in [6.07, 6.45) is 0. The molecule has 3 rings (SSSR count). The molecule has 2 nitrogen and oxygen atoms in total. The summed E-state index contributed by atoms with van der Waals surface area (Å²) in [5, 5.41) is 2.00. The fourth-order valence-corrected chi connectivity index (χ4v) is 3.33. The van der Waals surface area contributed by atoms with Crippen LogP contribution in [0.4, 0.5) is 0 Å². The Morgan fingerprint density at radius 2 is 1.95 bits per heavy atom. The lowest BCUT2D eigenvalue weighted by Gasteiger charge is -2.17. The van der Waals surface area contributed by atoms with Crippen LogP contribution in [0.2, 0.25) is 0 Å². The number of thiophene rings is 1. The van der Waals surface area contributed by atoms with Gasteiger partial charge in [0.15, 0.2) is 0 Å². The molecule has 0 spiro atoms. The van der Waals surface area contributed by atoms with Gasteiger partial charge in [0.2, 0.25) is 0 Å². The van der Waals surface area contributed by atoms with Gasteiger partial charge in [0, 0.05) is 4.88 Å². The van der Waals surface area contributed by atoms with Crippen molar-refractivity contribution < 1.29 is 0 Å². The Hall–Kier alpha value is -1.32. The normalized spacial score (nSPS) is 14.7. The third kappa shape index (κ3) is 2.17. The lowest BCUT2D eigenvalue weighted by Crippen LogP contribution is -2.10. The van der Waals surface area contributed by atoms with Crippen LogP contribution in [-0.2, 0) is 0 Å². The van der Waals surface area contributed by atoms with E-state index in [1.165, 1.54) is 4.88 Å². The average molecular weight is 291 g/mol. The third-order valence-electron chi connectivity index (χ3n) is 3.32. The van der Waals surface area contributed by atoms with Crippen LogP contribution in [0.5, 0.6) is 0 Å². The Labute approximate surface area is 121 Å². The van der Waals surface area contributed by atoms with Gasteiger partial charge >= 0.3 is 0 Å². The SMILES string of the molecule is CC(Cl)c1nc2ccccc2n1C(C)c1cccs1. The molecule has 0 radical (unpaired) electrons. The van der Waals surface area contributed by atoms with Gasteiger partial charge in [-0.15, -0.1) is 22.9 Å². The van der Waals surface area contributed by atoms with Crippen LogP contribution in [-0.4, -0.2) is 9.55 Å². The second kappa shape index (κ2) is 4.99. The predicted octanol–water partition coefficient (Wildman–Crippen LogP) is 5.01. The maximum absolute atomic E-state index is 6.31. The van der Waals surface area contributed by atoms with Crippen LogP contribution in [0.15, 0.2) is 41.8 Å². The second-order valence-corrected chi connectivity index (χ2v) is 6.27. The van der Waals surface area contributed by atoms with E-state index >= 15 is 0 Å². The Bertz CT molecular complexity index is 685. The summed E-state index contributed by atoms with van der Waals surface area (Å²) < 4.78 is 2.25. The zero-order valence-corrected chi connectivity index (χ0v) is 12.4. The number of rotatable bonds is 3. The highest BCUT2D eigenvalue weighted by Crippen LogP contribution is 2.32. The number of halogens is 1. The Morgan fingerprint density at radius 1 is 1.16 bits per heavy atom. The van der Waals surface area contributed by atoms with Gasteiger partial charge in [0.05, 0.1) is 22.5 Å². The fraction of sp³-hybridized carbons (Fsp3) is 0.267. The van der Waals surface area contributed by atoms with E-state index in [0.29, 0.717) is 0 Å². The minimum Gasteiger partial charge on any atom is -0.319 e. The summed E-state index contributed by atoms with van der Waals surface area (Å²) in [5.74, 6) is 0.934. The van der Waals surface area contributed by atoms with E-state index < -0.39 is 0 Å².